The summed E-state index contributed by atoms with van der Waals surface area (Å²) in [6.07, 6.45) is 3.74. The summed E-state index contributed by atoms with van der Waals surface area (Å²) in [5.41, 5.74) is 2.49. The Bertz CT molecular complexity index is 601. The Balaban J connectivity index is 1.67. The van der Waals surface area contributed by atoms with Crippen molar-refractivity contribution in [1.82, 2.24) is 5.32 Å². The Hall–Kier alpha value is -1.32. The maximum atomic E-state index is 6.13. The minimum Gasteiger partial charge on any atom is -0.487 e. The van der Waals surface area contributed by atoms with Gasteiger partial charge in [0.1, 0.15) is 12.4 Å². The number of aryl methyl sites for hydroxylation is 2. The fourth-order valence-electron chi connectivity index (χ4n) is 2.43. The second-order valence-electron chi connectivity index (χ2n) is 5.73. The van der Waals surface area contributed by atoms with Crippen molar-refractivity contribution in [3.8, 4) is 5.75 Å². The molecule has 0 saturated heterocycles. The number of para-hydroxylation sites is 1. The van der Waals surface area contributed by atoms with Crippen LogP contribution in [0.3, 0.4) is 0 Å². The molecule has 0 aliphatic heterocycles. The maximum absolute atomic E-state index is 6.13. The lowest BCUT2D eigenvalue weighted by Gasteiger charge is -2.14. The van der Waals surface area contributed by atoms with Gasteiger partial charge in [-0.25, -0.2) is 0 Å². The maximum Gasteiger partial charge on any atom is 0.127 e. The van der Waals surface area contributed by atoms with Gasteiger partial charge in [0, 0.05) is 27.9 Å². The summed E-state index contributed by atoms with van der Waals surface area (Å²) in [5, 5.41) is 3.57. The Kier molecular flexibility index (Phi) is 4.61. The quantitative estimate of drug-likeness (QED) is 0.816. The van der Waals surface area contributed by atoms with Gasteiger partial charge in [-0.05, 0) is 43.9 Å². The van der Waals surface area contributed by atoms with Gasteiger partial charge in [0.15, 0.2) is 0 Å². The third-order valence-corrected chi connectivity index (χ3v) is 5.08. The second kappa shape index (κ2) is 6.63. The molecule has 1 aliphatic rings. The third kappa shape index (κ3) is 3.86. The van der Waals surface area contributed by atoms with Crippen molar-refractivity contribution in [3.63, 3.8) is 0 Å². The van der Waals surface area contributed by atoms with E-state index in [0.717, 1.165) is 24.8 Å². The Morgan fingerprint density at radius 2 is 2.00 bits per heavy atom. The average molecular weight is 301 g/mol. The number of rotatable bonds is 7. The fourth-order valence-corrected chi connectivity index (χ4v) is 3.31. The standard InChI is InChI=1S/C18H23NOS/c1-3-16-9-10-17(21-16)12-20-18-13(2)5-4-6-14(18)11-19-15-7-8-15/h4-6,9-10,15,19H,3,7-8,11-12H2,1-2H3. The van der Waals surface area contributed by atoms with Gasteiger partial charge in [-0.1, -0.05) is 25.1 Å². The van der Waals surface area contributed by atoms with Crippen LogP contribution in [0.1, 0.15) is 40.6 Å². The summed E-state index contributed by atoms with van der Waals surface area (Å²) >= 11 is 1.85. The highest BCUT2D eigenvalue weighted by atomic mass is 32.1. The molecule has 1 aliphatic carbocycles. The van der Waals surface area contributed by atoms with Gasteiger partial charge < -0.3 is 10.1 Å². The number of hydrogen-bond donors (Lipinski definition) is 1. The van der Waals surface area contributed by atoms with Crippen LogP contribution in [0.4, 0.5) is 0 Å². The SMILES string of the molecule is CCc1ccc(COc2c(C)cccc2CNC2CC2)s1. The molecule has 1 saturated carbocycles. The predicted molar refractivity (Wildman–Crippen MR) is 89.1 cm³/mol. The van der Waals surface area contributed by atoms with Crippen LogP contribution in [-0.2, 0) is 19.6 Å². The molecule has 112 valence electrons. The molecular weight excluding hydrogens is 278 g/mol. The van der Waals surface area contributed by atoms with E-state index in [1.54, 1.807) is 0 Å². The van der Waals surface area contributed by atoms with Crippen LogP contribution < -0.4 is 10.1 Å². The van der Waals surface area contributed by atoms with E-state index in [2.05, 4.69) is 49.5 Å². The molecule has 21 heavy (non-hydrogen) atoms. The van der Waals surface area contributed by atoms with E-state index in [1.165, 1.54) is 33.7 Å². The first-order chi connectivity index (χ1) is 10.3. The number of hydrogen-bond acceptors (Lipinski definition) is 3. The van der Waals surface area contributed by atoms with Gasteiger partial charge in [0.2, 0.25) is 0 Å². The average Bonchev–Trinajstić information content (AvgIpc) is 3.21. The highest BCUT2D eigenvalue weighted by Crippen LogP contribution is 2.27. The molecule has 0 amide bonds. The van der Waals surface area contributed by atoms with Crippen LogP contribution in [0.25, 0.3) is 0 Å². The number of nitrogens with one attached hydrogen (secondary N) is 1. The Labute approximate surface area is 131 Å². The zero-order valence-corrected chi connectivity index (χ0v) is 13.6. The van der Waals surface area contributed by atoms with Crippen molar-refractivity contribution in [2.75, 3.05) is 0 Å². The molecule has 1 heterocycles. The van der Waals surface area contributed by atoms with Crippen LogP contribution in [0.15, 0.2) is 30.3 Å². The molecule has 1 N–H and O–H groups in total. The molecule has 1 fully saturated rings. The van der Waals surface area contributed by atoms with Crippen LogP contribution >= 0.6 is 11.3 Å². The predicted octanol–water partition coefficient (Wildman–Crippen LogP) is 4.45. The topological polar surface area (TPSA) is 21.3 Å². The lowest BCUT2D eigenvalue weighted by Crippen LogP contribution is -2.16. The van der Waals surface area contributed by atoms with E-state index < -0.39 is 0 Å². The van der Waals surface area contributed by atoms with Gasteiger partial charge in [-0.2, -0.15) is 0 Å². The molecule has 1 aromatic carbocycles. The highest BCUT2D eigenvalue weighted by molar-refractivity contribution is 7.11. The Morgan fingerprint density at radius 3 is 2.71 bits per heavy atom. The molecule has 3 rings (SSSR count). The molecule has 2 nitrogen and oxygen atoms in total. The van der Waals surface area contributed by atoms with Crippen LogP contribution in [0.5, 0.6) is 5.75 Å². The second-order valence-corrected chi connectivity index (χ2v) is 6.98. The molecule has 0 bridgehead atoms. The molecule has 3 heteroatoms. The summed E-state index contributed by atoms with van der Waals surface area (Å²) in [4.78, 5) is 2.73. The minimum absolute atomic E-state index is 0.673. The van der Waals surface area contributed by atoms with E-state index >= 15 is 0 Å². The monoisotopic (exact) mass is 301 g/mol. The lowest BCUT2D eigenvalue weighted by atomic mass is 10.1. The van der Waals surface area contributed by atoms with Crippen molar-refractivity contribution < 1.29 is 4.74 Å². The van der Waals surface area contributed by atoms with Crippen molar-refractivity contribution in [3.05, 3.63) is 51.2 Å². The molecule has 0 radical (unpaired) electrons. The van der Waals surface area contributed by atoms with Gasteiger partial charge >= 0.3 is 0 Å². The highest BCUT2D eigenvalue weighted by Gasteiger charge is 2.20. The first-order valence-corrected chi connectivity index (χ1v) is 8.60. The van der Waals surface area contributed by atoms with E-state index in [4.69, 9.17) is 4.74 Å². The number of ether oxygens (including phenoxy) is 1. The zero-order chi connectivity index (χ0) is 14.7. The van der Waals surface area contributed by atoms with Gasteiger partial charge in [0.05, 0.1) is 0 Å². The smallest absolute Gasteiger partial charge is 0.127 e. The summed E-state index contributed by atoms with van der Waals surface area (Å²) < 4.78 is 6.13. The summed E-state index contributed by atoms with van der Waals surface area (Å²) in [6, 6.07) is 11.5. The Morgan fingerprint density at radius 1 is 1.19 bits per heavy atom. The zero-order valence-electron chi connectivity index (χ0n) is 12.8. The first kappa shape index (κ1) is 14.6. The normalized spacial score (nSPS) is 14.4. The number of thiophene rings is 1. The van der Waals surface area contributed by atoms with Crippen LogP contribution in [0.2, 0.25) is 0 Å². The van der Waals surface area contributed by atoms with Gasteiger partial charge in [-0.3, -0.25) is 0 Å². The van der Waals surface area contributed by atoms with Crippen molar-refractivity contribution >= 4 is 11.3 Å². The number of benzene rings is 1. The third-order valence-electron chi connectivity index (χ3n) is 3.88. The molecule has 1 aromatic heterocycles. The largest absolute Gasteiger partial charge is 0.487 e. The molecule has 0 spiro atoms. The summed E-state index contributed by atoms with van der Waals surface area (Å²) in [6.45, 7) is 5.90. The fraction of sp³-hybridized carbons (Fsp3) is 0.444. The summed E-state index contributed by atoms with van der Waals surface area (Å²) in [5.74, 6) is 1.05. The van der Waals surface area contributed by atoms with E-state index in [1.807, 2.05) is 11.3 Å². The van der Waals surface area contributed by atoms with Crippen LogP contribution in [-0.4, -0.2) is 6.04 Å². The molecular formula is C18H23NOS. The molecule has 0 unspecified atom stereocenters. The van der Waals surface area contributed by atoms with Gasteiger partial charge in [-0.15, -0.1) is 11.3 Å². The minimum atomic E-state index is 0.673. The van der Waals surface area contributed by atoms with Crippen molar-refractivity contribution in [1.29, 1.82) is 0 Å². The summed E-state index contributed by atoms with van der Waals surface area (Å²) in [7, 11) is 0. The van der Waals surface area contributed by atoms with Crippen molar-refractivity contribution in [2.45, 2.75) is 52.3 Å². The molecule has 0 atom stereocenters. The molecule has 2 aromatic rings. The van der Waals surface area contributed by atoms with E-state index in [-0.39, 0.29) is 0 Å². The van der Waals surface area contributed by atoms with E-state index in [9.17, 15) is 0 Å². The van der Waals surface area contributed by atoms with Gasteiger partial charge in [0.25, 0.3) is 0 Å². The lowest BCUT2D eigenvalue weighted by molar-refractivity contribution is 0.303. The first-order valence-electron chi connectivity index (χ1n) is 7.78. The van der Waals surface area contributed by atoms with Crippen LogP contribution in [0, 0.1) is 6.92 Å². The van der Waals surface area contributed by atoms with E-state index in [0.29, 0.717) is 6.61 Å². The van der Waals surface area contributed by atoms with Crippen molar-refractivity contribution in [2.24, 2.45) is 0 Å².